The van der Waals surface area contributed by atoms with Crippen LogP contribution in [0.4, 0.5) is 5.13 Å². The summed E-state index contributed by atoms with van der Waals surface area (Å²) in [7, 11) is 0. The maximum atomic E-state index is 6.10. The lowest BCUT2D eigenvalue weighted by Crippen LogP contribution is -2.30. The van der Waals surface area contributed by atoms with Crippen LogP contribution in [0.25, 0.3) is 10.2 Å². The minimum atomic E-state index is 0.487. The van der Waals surface area contributed by atoms with Crippen LogP contribution in [0, 0.1) is 0 Å². The van der Waals surface area contributed by atoms with Crippen molar-refractivity contribution < 1.29 is 0 Å². The number of hydrogen-bond acceptors (Lipinski definition) is 4. The Hall–Kier alpha value is -1.47. The van der Waals surface area contributed by atoms with Crippen molar-refractivity contribution in [2.45, 2.75) is 6.42 Å². The number of anilines is 1. The van der Waals surface area contributed by atoms with Crippen LogP contribution in [0.2, 0.25) is 10.0 Å². The van der Waals surface area contributed by atoms with Gasteiger partial charge >= 0.3 is 0 Å². The summed E-state index contributed by atoms with van der Waals surface area (Å²) in [5, 5.41) is 8.48. The third-order valence-electron chi connectivity index (χ3n) is 3.08. The first kappa shape index (κ1) is 16.4. The van der Waals surface area contributed by atoms with Gasteiger partial charge < -0.3 is 10.6 Å². The molecule has 0 aliphatic carbocycles. The number of nitrogens with zero attached hydrogens (tertiary/aromatic N) is 2. The Morgan fingerprint density at radius 2 is 2.04 bits per heavy atom. The van der Waals surface area contributed by atoms with Crippen LogP contribution >= 0.6 is 46.8 Å². The summed E-state index contributed by atoms with van der Waals surface area (Å²) >= 11 is 18.9. The van der Waals surface area contributed by atoms with Gasteiger partial charge in [0.1, 0.15) is 0 Å². The van der Waals surface area contributed by atoms with Gasteiger partial charge in [0.05, 0.1) is 26.0 Å². The first-order chi connectivity index (χ1) is 11.1. The standard InChI is InChI=1S/C15H12Cl2N4S2/c16-9-5-7-18-11(13(9)17)6-8-19-14(22)21-15-20-10-3-1-2-4-12(10)23-15/h1-5,7H,6,8H2,(H2,19,20,21,22). The Labute approximate surface area is 152 Å². The molecule has 3 rings (SSSR count). The molecule has 0 radical (unpaired) electrons. The first-order valence-corrected chi connectivity index (χ1v) is 8.81. The monoisotopic (exact) mass is 382 g/mol. The number of pyridine rings is 1. The fourth-order valence-electron chi connectivity index (χ4n) is 2.00. The number of hydrogen-bond donors (Lipinski definition) is 2. The Balaban J connectivity index is 1.54. The Kier molecular flexibility index (Phi) is 5.27. The zero-order valence-corrected chi connectivity index (χ0v) is 15.0. The molecule has 0 aliphatic heterocycles. The van der Waals surface area contributed by atoms with Gasteiger partial charge in [-0.15, -0.1) is 0 Å². The van der Waals surface area contributed by atoms with Crippen LogP contribution in [0.3, 0.4) is 0 Å². The van der Waals surface area contributed by atoms with Crippen LogP contribution in [0.15, 0.2) is 36.5 Å². The zero-order chi connectivity index (χ0) is 16.2. The van der Waals surface area contributed by atoms with Crippen molar-refractivity contribution in [3.8, 4) is 0 Å². The molecule has 23 heavy (non-hydrogen) atoms. The minimum absolute atomic E-state index is 0.487. The van der Waals surface area contributed by atoms with Crippen LogP contribution < -0.4 is 10.6 Å². The molecule has 0 saturated heterocycles. The predicted octanol–water partition coefficient (Wildman–Crippen LogP) is 4.53. The zero-order valence-electron chi connectivity index (χ0n) is 11.8. The van der Waals surface area contributed by atoms with Gasteiger partial charge in [-0.25, -0.2) is 4.98 Å². The molecule has 4 nitrogen and oxygen atoms in total. The molecule has 2 aromatic heterocycles. The second-order valence-corrected chi connectivity index (χ2v) is 6.90. The maximum absolute atomic E-state index is 6.10. The minimum Gasteiger partial charge on any atom is -0.362 e. The topological polar surface area (TPSA) is 49.8 Å². The summed E-state index contributed by atoms with van der Waals surface area (Å²) in [5.74, 6) is 0. The normalized spacial score (nSPS) is 10.7. The van der Waals surface area contributed by atoms with Crippen molar-refractivity contribution in [2.75, 3.05) is 11.9 Å². The number of rotatable bonds is 4. The smallest absolute Gasteiger partial charge is 0.190 e. The highest BCUT2D eigenvalue weighted by molar-refractivity contribution is 7.80. The lowest BCUT2D eigenvalue weighted by molar-refractivity contribution is 0.847. The molecule has 2 N–H and O–H groups in total. The van der Waals surface area contributed by atoms with E-state index in [0.717, 1.165) is 21.0 Å². The van der Waals surface area contributed by atoms with Crippen molar-refractivity contribution in [2.24, 2.45) is 0 Å². The van der Waals surface area contributed by atoms with E-state index in [1.165, 1.54) is 0 Å². The SMILES string of the molecule is S=C(NCCc1nccc(Cl)c1Cl)Nc1nc2ccccc2s1. The fourth-order valence-corrected chi connectivity index (χ4v) is 3.50. The summed E-state index contributed by atoms with van der Waals surface area (Å²) in [6.45, 7) is 0.601. The largest absolute Gasteiger partial charge is 0.362 e. The van der Waals surface area contributed by atoms with E-state index in [0.29, 0.717) is 28.1 Å². The van der Waals surface area contributed by atoms with E-state index in [1.807, 2.05) is 24.3 Å². The number of nitrogens with one attached hydrogen (secondary N) is 2. The van der Waals surface area contributed by atoms with Crippen molar-refractivity contribution in [3.05, 3.63) is 52.3 Å². The molecule has 0 amide bonds. The number of para-hydroxylation sites is 1. The van der Waals surface area contributed by atoms with Crippen LogP contribution in [-0.2, 0) is 6.42 Å². The van der Waals surface area contributed by atoms with Crippen LogP contribution in [0.5, 0.6) is 0 Å². The lowest BCUT2D eigenvalue weighted by atomic mass is 10.2. The Morgan fingerprint density at radius 1 is 1.22 bits per heavy atom. The van der Waals surface area contributed by atoms with E-state index in [2.05, 4.69) is 20.6 Å². The second kappa shape index (κ2) is 7.40. The highest BCUT2D eigenvalue weighted by Gasteiger charge is 2.07. The molecule has 1 aromatic carbocycles. The lowest BCUT2D eigenvalue weighted by Gasteiger charge is -2.09. The number of halogens is 2. The van der Waals surface area contributed by atoms with E-state index in [-0.39, 0.29) is 0 Å². The molecular weight excluding hydrogens is 371 g/mol. The van der Waals surface area contributed by atoms with Gasteiger partial charge in [0.25, 0.3) is 0 Å². The van der Waals surface area contributed by atoms with Crippen molar-refractivity contribution in [1.82, 2.24) is 15.3 Å². The van der Waals surface area contributed by atoms with Gasteiger partial charge in [0.15, 0.2) is 10.2 Å². The van der Waals surface area contributed by atoms with Crippen LogP contribution in [0.1, 0.15) is 5.69 Å². The molecular formula is C15H12Cl2N4S2. The van der Waals surface area contributed by atoms with E-state index >= 15 is 0 Å². The van der Waals surface area contributed by atoms with E-state index in [4.69, 9.17) is 35.4 Å². The summed E-state index contributed by atoms with van der Waals surface area (Å²) in [4.78, 5) is 8.69. The number of aromatic nitrogens is 2. The first-order valence-electron chi connectivity index (χ1n) is 6.83. The number of thiazole rings is 1. The van der Waals surface area contributed by atoms with Crippen LogP contribution in [-0.4, -0.2) is 21.6 Å². The molecule has 0 unspecified atom stereocenters. The fraction of sp³-hybridized carbons (Fsp3) is 0.133. The Bertz CT molecular complexity index is 817. The molecule has 8 heteroatoms. The van der Waals surface area contributed by atoms with Gasteiger partial charge in [-0.3, -0.25) is 4.98 Å². The van der Waals surface area contributed by atoms with E-state index < -0.39 is 0 Å². The highest BCUT2D eigenvalue weighted by atomic mass is 35.5. The van der Waals surface area contributed by atoms with E-state index in [9.17, 15) is 0 Å². The molecule has 0 atom stereocenters. The number of thiocarbonyl (C=S) groups is 1. The third-order valence-corrected chi connectivity index (χ3v) is 5.11. The van der Waals surface area contributed by atoms with Gasteiger partial charge in [-0.1, -0.05) is 46.7 Å². The molecule has 0 saturated carbocycles. The molecule has 0 spiro atoms. The van der Waals surface area contributed by atoms with Crippen molar-refractivity contribution in [1.29, 1.82) is 0 Å². The molecule has 118 valence electrons. The molecule has 2 heterocycles. The van der Waals surface area contributed by atoms with E-state index in [1.54, 1.807) is 23.6 Å². The molecule has 0 fully saturated rings. The average molecular weight is 383 g/mol. The average Bonchev–Trinajstić information content (AvgIpc) is 2.93. The third kappa shape index (κ3) is 4.09. The quantitative estimate of drug-likeness (QED) is 0.649. The molecule has 0 bridgehead atoms. The summed E-state index contributed by atoms with van der Waals surface area (Å²) < 4.78 is 1.12. The molecule has 3 aromatic rings. The second-order valence-electron chi connectivity index (χ2n) is 4.67. The van der Waals surface area contributed by atoms with Gasteiger partial charge in [-0.05, 0) is 30.4 Å². The van der Waals surface area contributed by atoms with Crippen molar-refractivity contribution >= 4 is 67.2 Å². The highest BCUT2D eigenvalue weighted by Crippen LogP contribution is 2.25. The summed E-state index contributed by atoms with van der Waals surface area (Å²) in [5.41, 5.74) is 1.70. The summed E-state index contributed by atoms with van der Waals surface area (Å²) in [6.07, 6.45) is 2.27. The van der Waals surface area contributed by atoms with Crippen molar-refractivity contribution in [3.63, 3.8) is 0 Å². The Morgan fingerprint density at radius 3 is 2.87 bits per heavy atom. The van der Waals surface area contributed by atoms with Gasteiger partial charge in [-0.2, -0.15) is 0 Å². The summed E-state index contributed by atoms with van der Waals surface area (Å²) in [6, 6.07) is 9.62. The van der Waals surface area contributed by atoms with Gasteiger partial charge in [0, 0.05) is 19.2 Å². The van der Waals surface area contributed by atoms with Gasteiger partial charge in [0.2, 0.25) is 0 Å². The predicted molar refractivity (Wildman–Crippen MR) is 102 cm³/mol. The number of benzene rings is 1. The molecule has 0 aliphatic rings. The number of fused-ring (bicyclic) bond motifs is 1. The maximum Gasteiger partial charge on any atom is 0.190 e.